The van der Waals surface area contributed by atoms with Crippen molar-refractivity contribution in [3.05, 3.63) is 132 Å². The Balaban J connectivity index is 2.24. The van der Waals surface area contributed by atoms with Crippen molar-refractivity contribution in [3.63, 3.8) is 0 Å². The van der Waals surface area contributed by atoms with E-state index < -0.39 is 8.07 Å². The highest BCUT2D eigenvalue weighted by atomic mass is 28.3. The van der Waals surface area contributed by atoms with E-state index in [0.717, 1.165) is 21.9 Å². The molecule has 0 saturated carbocycles. The van der Waals surface area contributed by atoms with Crippen LogP contribution in [0.4, 0.5) is 13.2 Å². The molecule has 3 rings (SSSR count). The maximum atomic E-state index is 13.5. The van der Waals surface area contributed by atoms with Crippen LogP contribution in [0.15, 0.2) is 103 Å². The van der Waals surface area contributed by atoms with E-state index in [1.165, 1.54) is 36.4 Å². The van der Waals surface area contributed by atoms with Crippen molar-refractivity contribution in [2.24, 2.45) is 0 Å². The average Bonchev–Trinajstić information content (AvgIpc) is 2.72. The normalized spacial score (nSPS) is 11.0. The Hall–Kier alpha value is -3.11. The summed E-state index contributed by atoms with van der Waals surface area (Å²) in [7, 11) is -2.59. The zero-order valence-electron chi connectivity index (χ0n) is 15.2. The molecule has 3 aromatic rings. The lowest BCUT2D eigenvalue weighted by molar-refractivity contribution is 0.627. The minimum Gasteiger partial charge on any atom is -0.207 e. The molecule has 3 aromatic carbocycles. The van der Waals surface area contributed by atoms with Gasteiger partial charge in [0.15, 0.2) is 8.07 Å². The Labute approximate surface area is 164 Å². The highest BCUT2D eigenvalue weighted by Crippen LogP contribution is 2.27. The van der Waals surface area contributed by atoms with Crippen LogP contribution in [0.3, 0.4) is 0 Å². The minimum absolute atomic E-state index is 0.318. The third-order valence-corrected chi connectivity index (χ3v) is 8.16. The van der Waals surface area contributed by atoms with E-state index in [1.807, 2.05) is 11.4 Å². The quantitative estimate of drug-likeness (QED) is 0.460. The monoisotopic (exact) mass is 392 g/mol. The van der Waals surface area contributed by atoms with E-state index in [0.29, 0.717) is 0 Å². The molecule has 0 radical (unpaired) electrons. The summed E-state index contributed by atoms with van der Waals surface area (Å²) in [6, 6.07) is 18.5. The van der Waals surface area contributed by atoms with Gasteiger partial charge in [-0.15, -0.1) is 13.2 Å². The lowest BCUT2D eigenvalue weighted by Crippen LogP contribution is -2.43. The van der Waals surface area contributed by atoms with E-state index in [4.69, 9.17) is 0 Å². The van der Waals surface area contributed by atoms with Gasteiger partial charge in [0.05, 0.1) is 0 Å². The maximum absolute atomic E-state index is 13.5. The molecule has 0 bridgehead atoms. The van der Waals surface area contributed by atoms with Gasteiger partial charge in [0, 0.05) is 0 Å². The number of halogens is 3. The fourth-order valence-corrected chi connectivity index (χ4v) is 5.69. The molecule has 0 aliphatic rings. The summed E-state index contributed by atoms with van der Waals surface area (Å²) in [5, 5.41) is 0.917. The molecule has 0 N–H and O–H groups in total. The standard InChI is InChI=1S/C24H19F3Si/c1-3-28(4-2,23-15-13-22(27)14-16-23)17-24(18-5-9-20(25)10-6-18)19-7-11-21(26)12-8-19/h3-17H,1-2H2. The Kier molecular flexibility index (Phi) is 5.80. The summed E-state index contributed by atoms with van der Waals surface area (Å²) in [4.78, 5) is 0. The first kappa shape index (κ1) is 19.6. The molecule has 0 saturated heterocycles. The summed E-state index contributed by atoms with van der Waals surface area (Å²) < 4.78 is 40.3. The first-order chi connectivity index (χ1) is 13.5. The number of hydrogen-bond acceptors (Lipinski definition) is 0. The van der Waals surface area contributed by atoms with Gasteiger partial charge >= 0.3 is 0 Å². The number of rotatable bonds is 6. The molecule has 0 spiro atoms. The summed E-state index contributed by atoms with van der Waals surface area (Å²) in [5.74, 6) is -0.991. The van der Waals surface area contributed by atoms with Crippen molar-refractivity contribution in [2.45, 2.75) is 0 Å². The summed E-state index contributed by atoms with van der Waals surface area (Å²) >= 11 is 0. The number of benzene rings is 3. The van der Waals surface area contributed by atoms with Crippen LogP contribution in [0.1, 0.15) is 11.1 Å². The fourth-order valence-electron chi connectivity index (χ4n) is 3.09. The maximum Gasteiger partial charge on any atom is 0.157 e. The Morgan fingerprint density at radius 3 is 1.32 bits per heavy atom. The molecular formula is C24H19F3Si. The minimum atomic E-state index is -2.59. The van der Waals surface area contributed by atoms with E-state index in [9.17, 15) is 13.2 Å². The predicted molar refractivity (Wildman–Crippen MR) is 112 cm³/mol. The van der Waals surface area contributed by atoms with Gasteiger partial charge < -0.3 is 0 Å². The zero-order valence-corrected chi connectivity index (χ0v) is 16.2. The summed E-state index contributed by atoms with van der Waals surface area (Å²) in [6.45, 7) is 8.01. The Morgan fingerprint density at radius 2 is 0.964 bits per heavy atom. The van der Waals surface area contributed by atoms with Gasteiger partial charge in [0.1, 0.15) is 17.5 Å². The van der Waals surface area contributed by atoms with E-state index in [2.05, 4.69) is 18.9 Å². The smallest absolute Gasteiger partial charge is 0.157 e. The predicted octanol–water partition coefficient (Wildman–Crippen LogP) is 5.88. The molecule has 0 aliphatic carbocycles. The van der Waals surface area contributed by atoms with E-state index in [-0.39, 0.29) is 17.5 Å². The van der Waals surface area contributed by atoms with Gasteiger partial charge in [-0.3, -0.25) is 0 Å². The van der Waals surface area contributed by atoms with Crippen molar-refractivity contribution >= 4 is 18.8 Å². The highest BCUT2D eigenvalue weighted by Gasteiger charge is 2.27. The fraction of sp³-hybridized carbons (Fsp3) is 0. The van der Waals surface area contributed by atoms with Crippen molar-refractivity contribution in [1.29, 1.82) is 0 Å². The lowest BCUT2D eigenvalue weighted by atomic mass is 9.99. The Bertz CT molecular complexity index is 946. The van der Waals surface area contributed by atoms with Crippen molar-refractivity contribution in [2.75, 3.05) is 0 Å². The molecule has 0 aromatic heterocycles. The van der Waals surface area contributed by atoms with Crippen LogP contribution < -0.4 is 5.19 Å². The van der Waals surface area contributed by atoms with Gasteiger partial charge in [0.25, 0.3) is 0 Å². The van der Waals surface area contributed by atoms with Gasteiger partial charge in [0.2, 0.25) is 0 Å². The average molecular weight is 392 g/mol. The van der Waals surface area contributed by atoms with Gasteiger partial charge in [-0.2, -0.15) is 0 Å². The zero-order chi connectivity index (χ0) is 20.1. The summed E-state index contributed by atoms with van der Waals surface area (Å²) in [6.07, 6.45) is 0. The second-order valence-electron chi connectivity index (χ2n) is 6.42. The Morgan fingerprint density at radius 1 is 0.607 bits per heavy atom. The largest absolute Gasteiger partial charge is 0.207 e. The van der Waals surface area contributed by atoms with Crippen molar-refractivity contribution < 1.29 is 13.2 Å². The van der Waals surface area contributed by atoms with Gasteiger partial charge in [-0.05, 0) is 58.3 Å². The molecule has 0 heterocycles. The SMILES string of the molecule is C=C[Si](C=C)(C=C(c1ccc(F)cc1)c1ccc(F)cc1)c1ccc(F)cc1. The molecule has 0 aliphatic heterocycles. The molecule has 0 fully saturated rings. The van der Waals surface area contributed by atoms with Crippen LogP contribution in [0.5, 0.6) is 0 Å². The second-order valence-corrected chi connectivity index (χ2v) is 9.97. The van der Waals surface area contributed by atoms with Crippen molar-refractivity contribution in [1.82, 2.24) is 0 Å². The van der Waals surface area contributed by atoms with Crippen LogP contribution >= 0.6 is 0 Å². The van der Waals surface area contributed by atoms with Crippen molar-refractivity contribution in [3.8, 4) is 0 Å². The molecule has 28 heavy (non-hydrogen) atoms. The van der Waals surface area contributed by atoms with Gasteiger partial charge in [-0.1, -0.05) is 53.5 Å². The van der Waals surface area contributed by atoms with Gasteiger partial charge in [-0.25, -0.2) is 13.2 Å². The molecule has 4 heteroatoms. The van der Waals surface area contributed by atoms with Crippen LogP contribution in [0, 0.1) is 17.5 Å². The third kappa shape index (κ3) is 4.07. The van der Waals surface area contributed by atoms with E-state index >= 15 is 0 Å². The number of hydrogen-bond donors (Lipinski definition) is 0. The van der Waals surface area contributed by atoms with Crippen LogP contribution in [0.25, 0.3) is 5.57 Å². The van der Waals surface area contributed by atoms with E-state index in [1.54, 1.807) is 36.4 Å². The first-order valence-corrected chi connectivity index (χ1v) is 11.0. The molecule has 140 valence electrons. The molecule has 0 unspecified atom stereocenters. The van der Waals surface area contributed by atoms with Crippen LogP contribution in [-0.4, -0.2) is 8.07 Å². The highest BCUT2D eigenvalue weighted by molar-refractivity contribution is 7.04. The lowest BCUT2D eigenvalue weighted by Gasteiger charge is -2.23. The third-order valence-electron chi connectivity index (χ3n) is 4.71. The molecular weight excluding hydrogens is 373 g/mol. The van der Waals surface area contributed by atoms with Crippen LogP contribution in [0.2, 0.25) is 0 Å². The summed E-state index contributed by atoms with van der Waals surface area (Å²) in [5.41, 5.74) is 8.14. The molecule has 0 nitrogen and oxygen atoms in total. The molecule has 0 atom stereocenters. The first-order valence-electron chi connectivity index (χ1n) is 8.75. The second kappa shape index (κ2) is 8.27. The van der Waals surface area contributed by atoms with Crippen LogP contribution in [-0.2, 0) is 0 Å². The molecule has 0 amide bonds. The topological polar surface area (TPSA) is 0 Å².